The van der Waals surface area contributed by atoms with E-state index >= 15 is 0 Å². The van der Waals surface area contributed by atoms with Crippen molar-refractivity contribution in [3.8, 4) is 0 Å². The zero-order valence-electron chi connectivity index (χ0n) is 9.10. The predicted octanol–water partition coefficient (Wildman–Crippen LogP) is 1.32. The molecule has 0 bridgehead atoms. The molecule has 17 heavy (non-hydrogen) atoms. The van der Waals surface area contributed by atoms with Crippen LogP contribution in [0.15, 0.2) is 24.3 Å². The van der Waals surface area contributed by atoms with E-state index in [9.17, 15) is 13.2 Å². The molecule has 1 N–H and O–H groups in total. The van der Waals surface area contributed by atoms with Gasteiger partial charge in [0.2, 0.25) is 0 Å². The maximum Gasteiger partial charge on any atom is 0.177 e. The molecule has 1 aromatic rings. The minimum absolute atomic E-state index is 0.149. The average Bonchev–Trinajstić information content (AvgIpc) is 2.26. The molecule has 1 aromatic carbocycles. The van der Waals surface area contributed by atoms with Crippen molar-refractivity contribution in [1.82, 2.24) is 0 Å². The summed E-state index contributed by atoms with van der Waals surface area (Å²) in [4.78, 5) is 11.6. The monoisotopic (exact) mass is 276 g/mol. The Bertz CT molecular complexity index is 479. The van der Waals surface area contributed by atoms with Crippen LogP contribution in [0.3, 0.4) is 0 Å². The number of hydrogen-bond acceptors (Lipinski definition) is 4. The van der Waals surface area contributed by atoms with Crippen LogP contribution in [0.1, 0.15) is 16.8 Å². The Balaban J connectivity index is 2.69. The molecular weight excluding hydrogens is 264 g/mol. The lowest BCUT2D eigenvalue weighted by Gasteiger charge is -2.03. The van der Waals surface area contributed by atoms with Crippen molar-refractivity contribution in [2.24, 2.45) is 0 Å². The number of carbonyl (C=O) groups excluding carboxylic acids is 1. The third-order valence-electron chi connectivity index (χ3n) is 2.13. The van der Waals surface area contributed by atoms with E-state index in [0.717, 1.165) is 0 Å². The summed E-state index contributed by atoms with van der Waals surface area (Å²) < 4.78 is 23.0. The highest BCUT2D eigenvalue weighted by Crippen LogP contribution is 2.11. The van der Waals surface area contributed by atoms with Crippen LogP contribution in [-0.2, 0) is 9.84 Å². The van der Waals surface area contributed by atoms with Crippen molar-refractivity contribution in [3.05, 3.63) is 34.9 Å². The molecule has 0 heterocycles. The van der Waals surface area contributed by atoms with Gasteiger partial charge in [0, 0.05) is 17.2 Å². The van der Waals surface area contributed by atoms with Crippen molar-refractivity contribution in [1.29, 1.82) is 0 Å². The summed E-state index contributed by atoms with van der Waals surface area (Å²) in [6.07, 6.45) is 0.149. The number of hydrogen-bond donors (Lipinski definition) is 1. The maximum atomic E-state index is 11.6. The molecule has 94 valence electrons. The first-order valence-electron chi connectivity index (χ1n) is 5.04. The fourth-order valence-electron chi connectivity index (χ4n) is 1.28. The quantitative estimate of drug-likeness (QED) is 0.796. The SMILES string of the molecule is O=C(CS(=O)(=O)CCCO)c1ccc(Cl)cc1. The summed E-state index contributed by atoms with van der Waals surface area (Å²) in [5, 5.41) is 9.04. The molecule has 0 radical (unpaired) electrons. The van der Waals surface area contributed by atoms with E-state index in [1.54, 1.807) is 0 Å². The number of halogens is 1. The number of sulfone groups is 1. The van der Waals surface area contributed by atoms with Gasteiger partial charge in [-0.25, -0.2) is 8.42 Å². The zero-order valence-corrected chi connectivity index (χ0v) is 10.7. The molecule has 6 heteroatoms. The molecule has 0 fully saturated rings. The molecule has 0 aliphatic rings. The largest absolute Gasteiger partial charge is 0.396 e. The number of rotatable bonds is 6. The third-order valence-corrected chi connectivity index (χ3v) is 4.00. The van der Waals surface area contributed by atoms with Crippen LogP contribution >= 0.6 is 11.6 Å². The second-order valence-corrected chi connectivity index (χ2v) is 6.22. The minimum atomic E-state index is -3.44. The topological polar surface area (TPSA) is 71.4 Å². The Labute approximate surface area is 105 Å². The number of aliphatic hydroxyl groups excluding tert-OH is 1. The number of ketones is 1. The van der Waals surface area contributed by atoms with Gasteiger partial charge in [-0.15, -0.1) is 0 Å². The summed E-state index contributed by atoms with van der Waals surface area (Å²) in [7, 11) is -3.44. The Morgan fingerprint density at radius 2 is 1.82 bits per heavy atom. The fourth-order valence-corrected chi connectivity index (χ4v) is 2.68. The third kappa shape index (κ3) is 4.85. The normalized spacial score (nSPS) is 11.4. The highest BCUT2D eigenvalue weighted by molar-refractivity contribution is 7.92. The van der Waals surface area contributed by atoms with Crippen LogP contribution in [-0.4, -0.2) is 37.4 Å². The lowest BCUT2D eigenvalue weighted by atomic mass is 10.1. The molecule has 1 rings (SSSR count). The zero-order chi connectivity index (χ0) is 12.9. The maximum absolute atomic E-state index is 11.6. The van der Waals surface area contributed by atoms with Gasteiger partial charge in [0.15, 0.2) is 15.6 Å². The second-order valence-electron chi connectivity index (χ2n) is 3.60. The van der Waals surface area contributed by atoms with Crippen molar-refractivity contribution in [2.45, 2.75) is 6.42 Å². The first-order valence-corrected chi connectivity index (χ1v) is 7.24. The van der Waals surface area contributed by atoms with E-state index < -0.39 is 21.4 Å². The lowest BCUT2D eigenvalue weighted by Crippen LogP contribution is -2.19. The Kier molecular flexibility index (Phi) is 5.11. The van der Waals surface area contributed by atoms with E-state index in [1.165, 1.54) is 24.3 Å². The molecule has 0 aromatic heterocycles. The highest BCUT2D eigenvalue weighted by atomic mass is 35.5. The predicted molar refractivity (Wildman–Crippen MR) is 66.1 cm³/mol. The van der Waals surface area contributed by atoms with E-state index in [0.29, 0.717) is 10.6 Å². The van der Waals surface area contributed by atoms with Gasteiger partial charge in [0.1, 0.15) is 5.75 Å². The Morgan fingerprint density at radius 3 is 2.35 bits per heavy atom. The second kappa shape index (κ2) is 6.14. The van der Waals surface area contributed by atoms with Crippen LogP contribution in [0.2, 0.25) is 5.02 Å². The van der Waals surface area contributed by atoms with Gasteiger partial charge in [0.25, 0.3) is 0 Å². The highest BCUT2D eigenvalue weighted by Gasteiger charge is 2.17. The van der Waals surface area contributed by atoms with Crippen molar-refractivity contribution < 1.29 is 18.3 Å². The first-order chi connectivity index (χ1) is 7.94. The van der Waals surface area contributed by atoms with E-state index in [2.05, 4.69) is 0 Å². The molecule has 0 atom stereocenters. The minimum Gasteiger partial charge on any atom is -0.396 e. The van der Waals surface area contributed by atoms with Crippen LogP contribution in [0.5, 0.6) is 0 Å². The lowest BCUT2D eigenvalue weighted by molar-refractivity contribution is 0.102. The van der Waals surface area contributed by atoms with Gasteiger partial charge < -0.3 is 5.11 Å². The van der Waals surface area contributed by atoms with Crippen LogP contribution in [0.25, 0.3) is 0 Å². The van der Waals surface area contributed by atoms with Crippen molar-refractivity contribution in [3.63, 3.8) is 0 Å². The Hall–Kier alpha value is -0.910. The molecular formula is C11H13ClO4S. The first kappa shape index (κ1) is 14.2. The van der Waals surface area contributed by atoms with Gasteiger partial charge in [-0.2, -0.15) is 0 Å². The van der Waals surface area contributed by atoms with E-state index in [-0.39, 0.29) is 18.8 Å². The molecule has 0 amide bonds. The van der Waals surface area contributed by atoms with Gasteiger partial charge in [0.05, 0.1) is 5.75 Å². The number of benzene rings is 1. The van der Waals surface area contributed by atoms with Crippen molar-refractivity contribution in [2.75, 3.05) is 18.1 Å². The molecule has 0 spiro atoms. The Morgan fingerprint density at radius 1 is 1.24 bits per heavy atom. The molecule has 0 saturated heterocycles. The molecule has 0 unspecified atom stereocenters. The number of carbonyl (C=O) groups is 1. The standard InChI is InChI=1S/C11H13ClO4S/c12-10-4-2-9(3-5-10)11(14)8-17(15,16)7-1-6-13/h2-5,13H,1,6-8H2. The van der Waals surface area contributed by atoms with Crippen LogP contribution in [0.4, 0.5) is 0 Å². The van der Waals surface area contributed by atoms with E-state index in [4.69, 9.17) is 16.7 Å². The molecule has 0 saturated carbocycles. The summed E-state index contributed by atoms with van der Waals surface area (Å²) in [6, 6.07) is 6.06. The fraction of sp³-hybridized carbons (Fsp3) is 0.364. The number of Topliss-reactive ketones (excluding diaryl/α,β-unsaturated/α-hetero) is 1. The van der Waals surface area contributed by atoms with Gasteiger partial charge >= 0.3 is 0 Å². The number of aliphatic hydroxyl groups is 1. The smallest absolute Gasteiger partial charge is 0.177 e. The van der Waals surface area contributed by atoms with Crippen LogP contribution < -0.4 is 0 Å². The molecule has 4 nitrogen and oxygen atoms in total. The molecule has 0 aliphatic heterocycles. The summed E-state index contributed by atoms with van der Waals surface area (Å²) in [5.74, 6) is -1.17. The summed E-state index contributed by atoms with van der Waals surface area (Å²) in [5.41, 5.74) is 0.321. The summed E-state index contributed by atoms with van der Waals surface area (Å²) in [6.45, 7) is -0.200. The van der Waals surface area contributed by atoms with Gasteiger partial charge in [-0.3, -0.25) is 4.79 Å². The average molecular weight is 277 g/mol. The van der Waals surface area contributed by atoms with Gasteiger partial charge in [-0.1, -0.05) is 11.6 Å². The van der Waals surface area contributed by atoms with E-state index in [1.807, 2.05) is 0 Å². The van der Waals surface area contributed by atoms with Crippen molar-refractivity contribution >= 4 is 27.2 Å². The van der Waals surface area contributed by atoms with Crippen LogP contribution in [0, 0.1) is 0 Å². The summed E-state index contributed by atoms with van der Waals surface area (Å²) >= 11 is 5.66. The molecule has 0 aliphatic carbocycles. The van der Waals surface area contributed by atoms with Gasteiger partial charge in [-0.05, 0) is 30.7 Å².